The number of unbranched alkanes of at least 4 members (excludes halogenated alkanes) is 1. The van der Waals surface area contributed by atoms with Crippen LogP contribution in [0.15, 0.2) is 79.6 Å². The SMILES string of the molecule is CC(C)C[C@H](NC(=O)[C@H](Cc1cnc[nH]1)NC(=O)[C@H](Cc1ccccc1)NC(=O)C1CCCN1C(=O)[C@H](Cc1cnc[nH]1)NC(=O)C1CCCN1)C(=O)N[C@@H](CC(C)C)C(=O)N[C@H](C(=O)N[C@@H](Cc1ccc(O)cc1)C(=O)N[C@@H](CCCCN)C(=O)O)C(C)C. The summed E-state index contributed by atoms with van der Waals surface area (Å²) in [4.78, 5) is 157. The van der Waals surface area contributed by atoms with Crippen LogP contribution in [0.3, 0.4) is 0 Å². The molecule has 15 N–H and O–H groups in total. The number of aromatic hydroxyl groups is 1. The lowest BCUT2D eigenvalue weighted by Gasteiger charge is -2.31. The van der Waals surface area contributed by atoms with Gasteiger partial charge in [-0.2, -0.15) is 0 Å². The summed E-state index contributed by atoms with van der Waals surface area (Å²) in [6.45, 7) is 11.9. The third-order valence-corrected chi connectivity index (χ3v) is 15.8. The summed E-state index contributed by atoms with van der Waals surface area (Å²) in [6.07, 6.45) is 9.01. The highest BCUT2D eigenvalue weighted by Crippen LogP contribution is 2.22. The number of imidazole rings is 2. The zero-order chi connectivity index (χ0) is 65.4. The van der Waals surface area contributed by atoms with Crippen molar-refractivity contribution in [2.24, 2.45) is 23.5 Å². The Labute approximate surface area is 524 Å². The van der Waals surface area contributed by atoms with Crippen molar-refractivity contribution in [3.8, 4) is 5.75 Å². The molecule has 27 nitrogen and oxygen atoms in total. The minimum absolute atomic E-state index is 0.0275. The molecule has 2 saturated heterocycles. The van der Waals surface area contributed by atoms with Gasteiger partial charge < -0.3 is 78.7 Å². The Kier molecular flexibility index (Phi) is 27.3. The van der Waals surface area contributed by atoms with E-state index in [0.717, 1.165) is 6.42 Å². The Morgan fingerprint density at radius 3 is 1.59 bits per heavy atom. The van der Waals surface area contributed by atoms with Gasteiger partial charge >= 0.3 is 5.97 Å². The third kappa shape index (κ3) is 21.8. The maximum absolute atomic E-state index is 14.8. The summed E-state index contributed by atoms with van der Waals surface area (Å²) in [5, 5.41) is 45.3. The molecule has 0 aliphatic carbocycles. The Morgan fingerprint density at radius 1 is 0.567 bits per heavy atom. The number of aromatic amines is 2. The summed E-state index contributed by atoms with van der Waals surface area (Å²) < 4.78 is 0. The van der Waals surface area contributed by atoms with E-state index in [4.69, 9.17) is 5.73 Å². The molecule has 4 heterocycles. The normalized spacial score (nSPS) is 17.4. The number of nitrogens with one attached hydrogen (secondary N) is 11. The predicted octanol–water partition coefficient (Wildman–Crippen LogP) is 0.692. The molecule has 2 unspecified atom stereocenters. The van der Waals surface area contributed by atoms with Crippen molar-refractivity contribution in [1.29, 1.82) is 0 Å². The smallest absolute Gasteiger partial charge is 0.326 e. The van der Waals surface area contributed by atoms with Crippen LogP contribution in [0, 0.1) is 17.8 Å². The van der Waals surface area contributed by atoms with Crippen LogP contribution in [-0.4, -0.2) is 174 Å². The van der Waals surface area contributed by atoms with Crippen LogP contribution in [0.4, 0.5) is 0 Å². The molecule has 2 aromatic heterocycles. The van der Waals surface area contributed by atoms with Gasteiger partial charge in [0.1, 0.15) is 60.1 Å². The number of carboxylic acids is 1. The van der Waals surface area contributed by atoms with Gasteiger partial charge in [-0.15, -0.1) is 0 Å². The summed E-state index contributed by atoms with van der Waals surface area (Å²) in [6, 6.07) is 3.14. The highest BCUT2D eigenvalue weighted by atomic mass is 16.4. The van der Waals surface area contributed by atoms with Crippen molar-refractivity contribution in [3.05, 3.63) is 102 Å². The molecule has 0 bridgehead atoms. The molecule has 0 spiro atoms. The number of hydrogen-bond donors (Lipinski definition) is 14. The van der Waals surface area contributed by atoms with Gasteiger partial charge in [-0.05, 0) is 112 Å². The Bertz CT molecular complexity index is 2990. The number of phenolic OH excluding ortho intramolecular Hbond substituents is 1. The molecule has 90 heavy (non-hydrogen) atoms. The standard InChI is InChI=1S/C63H91N15O12/c1-36(2)26-46(55(81)72-47(27-37(3)4)59(85)77-53(38(5)6)61(87)75-49(29-40-19-21-43(79)22-20-40)56(82)70-45(63(89)90)16-10-11-23-64)71-58(84)50(30-41-32-65-34-68-41)73-57(83)48(28-39-14-8-7-9-15-39)74-60(86)52-18-13-25-78(52)62(88)51(31-42-33-66-35-69-42)76-54(80)44-17-12-24-67-44/h7-9,14-15,19-22,32-38,44-53,67,79H,10-13,16-18,23-31,64H2,1-6H3,(H,65,68)(H,66,69)(H,70,82)(H,71,84)(H,72,81)(H,73,83)(H,74,86)(H,75,87)(H,76,80)(H,77,85)(H,89,90)/t44?,45-,46-,47-,48-,49-,50-,51-,52?,53-/m0/s1. The maximum Gasteiger partial charge on any atom is 0.326 e. The Morgan fingerprint density at radius 2 is 1.07 bits per heavy atom. The fourth-order valence-electron chi connectivity index (χ4n) is 11.0. The number of nitrogens with two attached hydrogens (primary N) is 1. The largest absolute Gasteiger partial charge is 0.508 e. The summed E-state index contributed by atoms with van der Waals surface area (Å²) in [5.41, 5.74) is 7.85. The molecular formula is C63H91N15O12. The van der Waals surface area contributed by atoms with Crippen LogP contribution < -0.4 is 53.6 Å². The third-order valence-electron chi connectivity index (χ3n) is 15.8. The van der Waals surface area contributed by atoms with Gasteiger partial charge in [0.2, 0.25) is 53.2 Å². The second kappa shape index (κ2) is 34.9. The predicted molar refractivity (Wildman–Crippen MR) is 332 cm³/mol. The molecule has 2 fully saturated rings. The molecule has 2 aliphatic heterocycles. The van der Waals surface area contributed by atoms with E-state index < -0.39 is 120 Å². The van der Waals surface area contributed by atoms with Gasteiger partial charge in [-0.25, -0.2) is 14.8 Å². The number of rotatable bonds is 35. The van der Waals surface area contributed by atoms with Crippen LogP contribution in [0.25, 0.3) is 0 Å². The van der Waals surface area contributed by atoms with Gasteiger partial charge in [0.25, 0.3) is 0 Å². The van der Waals surface area contributed by atoms with Crippen molar-refractivity contribution in [2.45, 2.75) is 185 Å². The van der Waals surface area contributed by atoms with Crippen LogP contribution in [0.2, 0.25) is 0 Å². The quantitative estimate of drug-likeness (QED) is 0.0282. The van der Waals surface area contributed by atoms with E-state index in [2.05, 4.69) is 67.8 Å². The number of carbonyl (C=O) groups is 10. The van der Waals surface area contributed by atoms with Crippen LogP contribution in [0.1, 0.15) is 122 Å². The summed E-state index contributed by atoms with van der Waals surface area (Å²) >= 11 is 0. The van der Waals surface area contributed by atoms with Gasteiger partial charge in [-0.1, -0.05) is 84.0 Å². The Hall–Kier alpha value is -8.72. The van der Waals surface area contributed by atoms with E-state index in [1.165, 1.54) is 35.9 Å². The molecule has 0 saturated carbocycles. The van der Waals surface area contributed by atoms with Crippen LogP contribution in [0.5, 0.6) is 5.75 Å². The van der Waals surface area contributed by atoms with Gasteiger partial charge in [-0.3, -0.25) is 43.2 Å². The molecule has 2 aliphatic rings. The first-order valence-electron chi connectivity index (χ1n) is 31.2. The molecule has 2 aromatic carbocycles. The van der Waals surface area contributed by atoms with Crippen molar-refractivity contribution in [3.63, 3.8) is 0 Å². The lowest BCUT2D eigenvalue weighted by atomic mass is 9.97. The second-order valence-electron chi connectivity index (χ2n) is 24.5. The number of H-pyrrole nitrogens is 2. The average molecular weight is 1250 g/mol. The number of hydrogen-bond acceptors (Lipinski definition) is 15. The number of benzene rings is 2. The zero-order valence-electron chi connectivity index (χ0n) is 52.2. The number of carboxylic acid groups (broad SMARTS) is 1. The number of aliphatic carboxylic acids is 1. The lowest BCUT2D eigenvalue weighted by Crippen LogP contribution is -2.61. The van der Waals surface area contributed by atoms with E-state index >= 15 is 0 Å². The Balaban J connectivity index is 1.19. The number of phenols is 1. The van der Waals surface area contributed by atoms with E-state index in [0.29, 0.717) is 61.3 Å². The summed E-state index contributed by atoms with van der Waals surface area (Å²) in [7, 11) is 0. The van der Waals surface area contributed by atoms with Crippen molar-refractivity contribution in [1.82, 2.24) is 72.7 Å². The molecule has 10 atom stereocenters. The first-order valence-corrected chi connectivity index (χ1v) is 31.2. The summed E-state index contributed by atoms with van der Waals surface area (Å²) in [5.74, 6) is -8.34. The number of carbonyl (C=O) groups excluding carboxylic acids is 9. The van der Waals surface area contributed by atoms with Crippen molar-refractivity contribution < 1.29 is 58.2 Å². The van der Waals surface area contributed by atoms with Crippen LogP contribution in [-0.2, 0) is 73.6 Å². The maximum atomic E-state index is 14.8. The number of aromatic nitrogens is 4. The minimum atomic E-state index is -1.38. The molecule has 9 amide bonds. The fourth-order valence-corrected chi connectivity index (χ4v) is 11.0. The molecule has 27 heteroatoms. The zero-order valence-corrected chi connectivity index (χ0v) is 52.2. The van der Waals surface area contributed by atoms with E-state index in [1.807, 2.05) is 27.7 Å². The highest BCUT2D eigenvalue weighted by Gasteiger charge is 2.41. The van der Waals surface area contributed by atoms with Crippen LogP contribution >= 0.6 is 0 Å². The van der Waals surface area contributed by atoms with E-state index in [1.54, 1.807) is 62.5 Å². The second-order valence-corrected chi connectivity index (χ2v) is 24.5. The molecule has 4 aromatic rings. The lowest BCUT2D eigenvalue weighted by molar-refractivity contribution is -0.142. The number of nitrogens with zero attached hydrogens (tertiary/aromatic N) is 3. The average Bonchev–Trinajstić information content (AvgIpc) is 1.85. The van der Waals surface area contributed by atoms with E-state index in [-0.39, 0.29) is 81.4 Å². The molecular weight excluding hydrogens is 1160 g/mol. The van der Waals surface area contributed by atoms with Crippen molar-refractivity contribution >= 4 is 59.1 Å². The molecule has 0 radical (unpaired) electrons. The monoisotopic (exact) mass is 1250 g/mol. The molecule has 6 rings (SSSR count). The van der Waals surface area contributed by atoms with Gasteiger partial charge in [0.15, 0.2) is 0 Å². The first kappa shape index (κ1) is 70.4. The van der Waals surface area contributed by atoms with Gasteiger partial charge in [0.05, 0.1) is 18.7 Å². The molecule has 490 valence electrons. The highest BCUT2D eigenvalue weighted by molar-refractivity contribution is 5.99. The minimum Gasteiger partial charge on any atom is -0.508 e. The van der Waals surface area contributed by atoms with Gasteiger partial charge in [0, 0.05) is 56.0 Å². The van der Waals surface area contributed by atoms with Crippen molar-refractivity contribution in [2.75, 3.05) is 19.6 Å². The fraction of sp³-hybridized carbons (Fsp3) is 0.556. The number of amides is 9. The van der Waals surface area contributed by atoms with E-state index in [9.17, 15) is 58.2 Å². The first-order chi connectivity index (χ1) is 43.0. The topological polar surface area (TPSA) is 406 Å². The number of likely N-dealkylation sites (tertiary alicyclic amines) is 1.